The van der Waals surface area contributed by atoms with Gasteiger partial charge in [0.1, 0.15) is 5.75 Å². The lowest BCUT2D eigenvalue weighted by Gasteiger charge is -2.27. The van der Waals surface area contributed by atoms with E-state index >= 15 is 0 Å². The minimum Gasteiger partial charge on any atom is -0.497 e. The highest BCUT2D eigenvalue weighted by atomic mass is 35.5. The first-order valence-corrected chi connectivity index (χ1v) is 10.2. The van der Waals surface area contributed by atoms with Crippen LogP contribution in [0.2, 0.25) is 0 Å². The first-order valence-electron chi connectivity index (χ1n) is 10.2. The number of para-hydroxylation sites is 2. The predicted octanol–water partition coefficient (Wildman–Crippen LogP) is 6.36. The van der Waals surface area contributed by atoms with Gasteiger partial charge < -0.3 is 10.5 Å². The van der Waals surface area contributed by atoms with Crippen molar-refractivity contribution in [1.82, 2.24) is 0 Å². The van der Waals surface area contributed by atoms with Crippen LogP contribution in [0.3, 0.4) is 0 Å². The first-order chi connectivity index (χ1) is 15.2. The van der Waals surface area contributed by atoms with Crippen LogP contribution in [0.5, 0.6) is 5.75 Å². The summed E-state index contributed by atoms with van der Waals surface area (Å²) in [4.78, 5) is 15.0. The van der Waals surface area contributed by atoms with E-state index in [-0.39, 0.29) is 36.0 Å². The summed E-state index contributed by atoms with van der Waals surface area (Å²) >= 11 is 0. The Bertz CT molecular complexity index is 1150. The molecule has 0 aromatic heterocycles. The van der Waals surface area contributed by atoms with Gasteiger partial charge in [0, 0.05) is 5.92 Å². The zero-order valence-electron chi connectivity index (χ0n) is 18.1. The molecule has 1 amide bonds. The second-order valence-electron chi connectivity index (χ2n) is 7.91. The van der Waals surface area contributed by atoms with Crippen LogP contribution in [0.25, 0.3) is 0 Å². The van der Waals surface area contributed by atoms with Crippen LogP contribution in [0.15, 0.2) is 66.7 Å². The number of hydrogen-bond acceptors (Lipinski definition) is 3. The number of alkyl halides is 3. The second kappa shape index (κ2) is 9.35. The van der Waals surface area contributed by atoms with Gasteiger partial charge in [-0.25, -0.2) is 0 Å². The molecule has 2 N–H and O–H groups in total. The summed E-state index contributed by atoms with van der Waals surface area (Å²) in [5.41, 5.74) is 7.17. The van der Waals surface area contributed by atoms with Gasteiger partial charge in [0.2, 0.25) is 5.91 Å². The van der Waals surface area contributed by atoms with Crippen molar-refractivity contribution < 1.29 is 22.7 Å². The molecule has 1 aliphatic rings. The molecule has 1 heterocycles. The van der Waals surface area contributed by atoms with Gasteiger partial charge in [0.25, 0.3) is 0 Å². The van der Waals surface area contributed by atoms with E-state index in [1.807, 2.05) is 0 Å². The standard InChI is InChI=1S/C25H23F3N2O2.ClH/c1-15-18(16-10-12-17(32-2)13-11-16)14-19-20(25(26,27)28)6-5-9-22(19)30(24(15)31)23-8-4-3-7-21(23)29;/h3-13,15,18H,14,29H2,1-2H3;1H/t15-,18-;/m0./s1. The Morgan fingerprint density at radius 2 is 1.61 bits per heavy atom. The summed E-state index contributed by atoms with van der Waals surface area (Å²) in [6.07, 6.45) is -4.49. The monoisotopic (exact) mass is 476 g/mol. The zero-order chi connectivity index (χ0) is 23.0. The molecule has 2 atom stereocenters. The van der Waals surface area contributed by atoms with Crippen LogP contribution < -0.4 is 15.4 Å². The topological polar surface area (TPSA) is 55.6 Å². The van der Waals surface area contributed by atoms with E-state index in [0.717, 1.165) is 11.6 Å². The molecule has 0 saturated carbocycles. The number of halogens is 4. The summed E-state index contributed by atoms with van der Waals surface area (Å²) in [5, 5.41) is 0. The third-order valence-electron chi connectivity index (χ3n) is 6.06. The lowest BCUT2D eigenvalue weighted by atomic mass is 9.82. The van der Waals surface area contributed by atoms with Crippen molar-refractivity contribution >= 4 is 35.4 Å². The Hall–Kier alpha value is -3.19. The summed E-state index contributed by atoms with van der Waals surface area (Å²) in [6.45, 7) is 1.75. The molecule has 0 saturated heterocycles. The minimum atomic E-state index is -4.56. The highest BCUT2D eigenvalue weighted by molar-refractivity contribution is 6.05. The number of nitrogens with zero attached hydrogens (tertiary/aromatic N) is 1. The van der Waals surface area contributed by atoms with Gasteiger partial charge in [-0.15, -0.1) is 12.4 Å². The van der Waals surface area contributed by atoms with Crippen molar-refractivity contribution in [2.24, 2.45) is 5.92 Å². The Labute approximate surface area is 196 Å². The molecule has 8 heteroatoms. The fraction of sp³-hybridized carbons (Fsp3) is 0.240. The van der Waals surface area contributed by atoms with Crippen molar-refractivity contribution in [3.63, 3.8) is 0 Å². The van der Waals surface area contributed by atoms with E-state index in [2.05, 4.69) is 0 Å². The maximum absolute atomic E-state index is 14.0. The van der Waals surface area contributed by atoms with Gasteiger partial charge in [-0.2, -0.15) is 13.2 Å². The molecular formula is C25H24ClF3N2O2. The molecule has 3 aromatic rings. The van der Waals surface area contributed by atoms with E-state index in [4.69, 9.17) is 10.5 Å². The van der Waals surface area contributed by atoms with Gasteiger partial charge in [0.05, 0.1) is 29.7 Å². The molecule has 0 aliphatic carbocycles. The number of methoxy groups -OCH3 is 1. The molecule has 174 valence electrons. The Balaban J connectivity index is 0.00000306. The maximum Gasteiger partial charge on any atom is 0.416 e. The van der Waals surface area contributed by atoms with Crippen molar-refractivity contribution in [2.45, 2.75) is 25.4 Å². The molecule has 3 aromatic carbocycles. The molecule has 0 bridgehead atoms. The van der Waals surface area contributed by atoms with Crippen LogP contribution in [-0.4, -0.2) is 13.0 Å². The second-order valence-corrected chi connectivity index (χ2v) is 7.91. The van der Waals surface area contributed by atoms with Gasteiger partial charge in [-0.05, 0) is 59.9 Å². The molecule has 0 spiro atoms. The summed E-state index contributed by atoms with van der Waals surface area (Å²) in [7, 11) is 1.54. The largest absolute Gasteiger partial charge is 0.497 e. The molecule has 4 rings (SSSR count). The number of carbonyl (C=O) groups excluding carboxylic acids is 1. The first kappa shape index (κ1) is 24.5. The highest BCUT2D eigenvalue weighted by Crippen LogP contribution is 2.46. The van der Waals surface area contributed by atoms with Crippen molar-refractivity contribution in [1.29, 1.82) is 0 Å². The Morgan fingerprint density at radius 3 is 2.21 bits per heavy atom. The third-order valence-corrected chi connectivity index (χ3v) is 6.06. The number of anilines is 3. The SMILES string of the molecule is COc1ccc([C@H]2Cc3c(cccc3C(F)(F)F)N(c3ccccc3N)C(=O)[C@H]2C)cc1.Cl. The summed E-state index contributed by atoms with van der Waals surface area (Å²) in [5.74, 6) is -0.708. The van der Waals surface area contributed by atoms with Crippen molar-refractivity contribution in [2.75, 3.05) is 17.7 Å². The average Bonchev–Trinajstić information content (AvgIpc) is 2.88. The van der Waals surface area contributed by atoms with Crippen molar-refractivity contribution in [3.8, 4) is 5.75 Å². The Kier molecular flexibility index (Phi) is 6.93. The van der Waals surface area contributed by atoms with E-state index in [1.54, 1.807) is 68.6 Å². The van der Waals surface area contributed by atoms with Gasteiger partial charge >= 0.3 is 6.18 Å². The fourth-order valence-corrected chi connectivity index (χ4v) is 4.35. The van der Waals surface area contributed by atoms with Gasteiger partial charge in [-0.1, -0.05) is 37.3 Å². The number of ether oxygens (including phenoxy) is 1. The lowest BCUT2D eigenvalue weighted by molar-refractivity contribution is -0.138. The van der Waals surface area contributed by atoms with Crippen LogP contribution >= 0.6 is 12.4 Å². The predicted molar refractivity (Wildman–Crippen MR) is 125 cm³/mol. The third kappa shape index (κ3) is 4.50. The number of nitrogens with two attached hydrogens (primary N) is 1. The van der Waals surface area contributed by atoms with Crippen LogP contribution in [0.1, 0.15) is 29.5 Å². The molecule has 0 unspecified atom stereocenters. The number of nitrogen functional groups attached to an aromatic ring is 1. The summed E-state index contributed by atoms with van der Waals surface area (Å²) < 4.78 is 47.2. The highest BCUT2D eigenvalue weighted by Gasteiger charge is 2.41. The number of rotatable bonds is 3. The number of fused-ring (bicyclic) bond motifs is 1. The maximum atomic E-state index is 14.0. The quantitative estimate of drug-likeness (QED) is 0.447. The number of benzene rings is 3. The lowest BCUT2D eigenvalue weighted by Crippen LogP contribution is -2.33. The molecule has 1 aliphatic heterocycles. The van der Waals surface area contributed by atoms with E-state index < -0.39 is 23.6 Å². The van der Waals surface area contributed by atoms with Crippen molar-refractivity contribution in [3.05, 3.63) is 83.4 Å². The van der Waals surface area contributed by atoms with E-state index in [9.17, 15) is 18.0 Å². The van der Waals surface area contributed by atoms with Gasteiger partial charge in [0.15, 0.2) is 0 Å². The molecule has 0 fully saturated rings. The van der Waals surface area contributed by atoms with E-state index in [0.29, 0.717) is 17.1 Å². The molecular weight excluding hydrogens is 453 g/mol. The number of carbonyl (C=O) groups is 1. The molecule has 33 heavy (non-hydrogen) atoms. The normalized spacial score (nSPS) is 18.2. The van der Waals surface area contributed by atoms with Crippen LogP contribution in [0, 0.1) is 5.92 Å². The smallest absolute Gasteiger partial charge is 0.416 e. The van der Waals surface area contributed by atoms with Crippen LogP contribution in [-0.2, 0) is 17.4 Å². The van der Waals surface area contributed by atoms with Crippen LogP contribution in [0.4, 0.5) is 30.2 Å². The summed E-state index contributed by atoms with van der Waals surface area (Å²) in [6, 6.07) is 17.8. The van der Waals surface area contributed by atoms with Gasteiger partial charge in [-0.3, -0.25) is 9.69 Å². The molecule has 4 nitrogen and oxygen atoms in total. The van der Waals surface area contributed by atoms with E-state index in [1.165, 1.54) is 11.0 Å². The Morgan fingerprint density at radius 1 is 0.970 bits per heavy atom. The minimum absolute atomic E-state index is 0. The number of amides is 1. The number of hydrogen-bond donors (Lipinski definition) is 1. The zero-order valence-corrected chi connectivity index (χ0v) is 18.9. The average molecular weight is 477 g/mol. The molecule has 0 radical (unpaired) electrons. The fourth-order valence-electron chi connectivity index (χ4n) is 4.35.